The van der Waals surface area contributed by atoms with Gasteiger partial charge >= 0.3 is 0 Å². The Morgan fingerprint density at radius 3 is 2.57 bits per heavy atom. The Morgan fingerprint density at radius 1 is 1.05 bits per heavy atom. The van der Waals surface area contributed by atoms with E-state index in [1.54, 1.807) is 18.9 Å². The van der Waals surface area contributed by atoms with Crippen LogP contribution in [-0.4, -0.2) is 22.8 Å². The maximum atomic E-state index is 5.30. The number of aromatic nitrogens is 2. The zero-order valence-corrected chi connectivity index (χ0v) is 13.5. The van der Waals surface area contributed by atoms with E-state index in [1.165, 1.54) is 25.7 Å². The second-order valence-corrected chi connectivity index (χ2v) is 5.92. The zero-order valence-electron chi connectivity index (χ0n) is 12.7. The summed E-state index contributed by atoms with van der Waals surface area (Å²) in [6, 6.07) is 12.0. The van der Waals surface area contributed by atoms with Crippen LogP contribution in [0.25, 0.3) is 11.3 Å². The molecule has 3 nitrogen and oxygen atoms in total. The van der Waals surface area contributed by atoms with Crippen LogP contribution >= 0.6 is 11.8 Å². The lowest BCUT2D eigenvalue weighted by Gasteiger charge is -2.07. The molecule has 1 heterocycles. The number of rotatable bonds is 8. The van der Waals surface area contributed by atoms with E-state index in [4.69, 9.17) is 4.74 Å². The Balaban J connectivity index is 2.07. The van der Waals surface area contributed by atoms with Gasteiger partial charge in [0.25, 0.3) is 0 Å². The molecule has 112 valence electrons. The summed E-state index contributed by atoms with van der Waals surface area (Å²) in [5.41, 5.74) is 2.00. The highest BCUT2D eigenvalue weighted by Crippen LogP contribution is 2.25. The Labute approximate surface area is 131 Å². The maximum Gasteiger partial charge on any atom is 0.217 e. The maximum absolute atomic E-state index is 5.30. The predicted molar refractivity (Wildman–Crippen MR) is 88.9 cm³/mol. The number of methoxy groups -OCH3 is 1. The molecular weight excluding hydrogens is 280 g/mol. The molecule has 1 aromatic heterocycles. The van der Waals surface area contributed by atoms with E-state index in [0.29, 0.717) is 5.88 Å². The van der Waals surface area contributed by atoms with Gasteiger partial charge in [-0.05, 0) is 6.42 Å². The van der Waals surface area contributed by atoms with E-state index in [-0.39, 0.29) is 0 Å². The van der Waals surface area contributed by atoms with Gasteiger partial charge in [-0.3, -0.25) is 0 Å². The first-order chi connectivity index (χ1) is 10.3. The summed E-state index contributed by atoms with van der Waals surface area (Å²) in [6.45, 7) is 2.23. The summed E-state index contributed by atoms with van der Waals surface area (Å²) in [7, 11) is 1.65. The molecule has 0 amide bonds. The van der Waals surface area contributed by atoms with Crippen LogP contribution in [0.4, 0.5) is 0 Å². The molecule has 0 spiro atoms. The largest absolute Gasteiger partial charge is 0.481 e. The molecule has 21 heavy (non-hydrogen) atoms. The van der Waals surface area contributed by atoms with Crippen LogP contribution in [0.3, 0.4) is 0 Å². The van der Waals surface area contributed by atoms with Gasteiger partial charge in [-0.2, -0.15) is 4.98 Å². The highest BCUT2D eigenvalue weighted by molar-refractivity contribution is 7.99. The Bertz CT molecular complexity index is 546. The number of ether oxygens (including phenoxy) is 1. The molecule has 0 aliphatic heterocycles. The summed E-state index contributed by atoms with van der Waals surface area (Å²) >= 11 is 1.71. The molecule has 0 aliphatic carbocycles. The van der Waals surface area contributed by atoms with Crippen molar-refractivity contribution in [2.75, 3.05) is 12.9 Å². The van der Waals surface area contributed by atoms with Crippen molar-refractivity contribution >= 4 is 11.8 Å². The van der Waals surface area contributed by atoms with E-state index < -0.39 is 0 Å². The lowest BCUT2D eigenvalue weighted by Crippen LogP contribution is -1.96. The fourth-order valence-electron chi connectivity index (χ4n) is 2.02. The van der Waals surface area contributed by atoms with Gasteiger partial charge in [0.15, 0.2) is 5.16 Å². The monoisotopic (exact) mass is 302 g/mol. The van der Waals surface area contributed by atoms with Gasteiger partial charge in [-0.1, -0.05) is 68.3 Å². The number of unbranched alkanes of at least 4 members (excludes halogenated alkanes) is 3. The molecule has 0 bridgehead atoms. The van der Waals surface area contributed by atoms with Crippen LogP contribution in [0.2, 0.25) is 0 Å². The topological polar surface area (TPSA) is 35.0 Å². The Kier molecular flexibility index (Phi) is 6.54. The smallest absolute Gasteiger partial charge is 0.217 e. The molecule has 0 fully saturated rings. The molecule has 0 radical (unpaired) electrons. The Hall–Kier alpha value is -1.55. The van der Waals surface area contributed by atoms with Gasteiger partial charge in [-0.15, -0.1) is 0 Å². The summed E-state index contributed by atoms with van der Waals surface area (Å²) in [5.74, 6) is 1.68. The van der Waals surface area contributed by atoms with E-state index >= 15 is 0 Å². The molecule has 1 aromatic carbocycles. The van der Waals surface area contributed by atoms with E-state index in [1.807, 2.05) is 24.3 Å². The molecule has 0 atom stereocenters. The van der Waals surface area contributed by atoms with Crippen molar-refractivity contribution in [1.29, 1.82) is 0 Å². The van der Waals surface area contributed by atoms with Crippen LogP contribution in [0.5, 0.6) is 5.88 Å². The van der Waals surface area contributed by atoms with Crippen molar-refractivity contribution in [3.05, 3.63) is 36.4 Å². The van der Waals surface area contributed by atoms with Crippen LogP contribution < -0.4 is 4.74 Å². The minimum Gasteiger partial charge on any atom is -0.481 e. The number of nitrogens with zero attached hydrogens (tertiary/aromatic N) is 2. The predicted octanol–water partition coefficient (Wildman–Crippen LogP) is 4.82. The first-order valence-corrected chi connectivity index (χ1v) is 8.43. The molecule has 2 aromatic rings. The second-order valence-electron chi connectivity index (χ2n) is 4.85. The number of benzene rings is 1. The highest BCUT2D eigenvalue weighted by atomic mass is 32.2. The van der Waals surface area contributed by atoms with Crippen molar-refractivity contribution in [2.45, 2.75) is 37.8 Å². The van der Waals surface area contributed by atoms with Gasteiger partial charge in [0.2, 0.25) is 5.88 Å². The first kappa shape index (κ1) is 15.8. The molecule has 0 saturated heterocycles. The normalized spacial score (nSPS) is 10.6. The van der Waals surface area contributed by atoms with Gasteiger partial charge < -0.3 is 4.74 Å². The highest BCUT2D eigenvalue weighted by Gasteiger charge is 2.07. The number of hydrogen-bond acceptors (Lipinski definition) is 4. The average molecular weight is 302 g/mol. The lowest BCUT2D eigenvalue weighted by atomic mass is 10.1. The van der Waals surface area contributed by atoms with Crippen molar-refractivity contribution in [3.63, 3.8) is 0 Å². The SMILES string of the molecule is CCCCCCSc1nc(OC)cc(-c2ccccc2)n1. The molecular formula is C17H22N2OS. The molecule has 0 saturated carbocycles. The average Bonchev–Trinajstić information content (AvgIpc) is 2.55. The van der Waals surface area contributed by atoms with Crippen molar-refractivity contribution in [1.82, 2.24) is 9.97 Å². The van der Waals surface area contributed by atoms with Crippen molar-refractivity contribution in [2.24, 2.45) is 0 Å². The molecule has 0 N–H and O–H groups in total. The first-order valence-electron chi connectivity index (χ1n) is 7.44. The molecule has 0 aliphatic rings. The van der Waals surface area contributed by atoms with Gasteiger partial charge in [0, 0.05) is 17.4 Å². The number of thioether (sulfide) groups is 1. The third-order valence-electron chi connectivity index (χ3n) is 3.19. The second kappa shape index (κ2) is 8.67. The summed E-state index contributed by atoms with van der Waals surface area (Å²) in [5, 5.41) is 0.796. The minimum absolute atomic E-state index is 0.625. The zero-order chi connectivity index (χ0) is 14.9. The van der Waals surface area contributed by atoms with Crippen molar-refractivity contribution < 1.29 is 4.74 Å². The van der Waals surface area contributed by atoms with Gasteiger partial charge in [0.05, 0.1) is 12.8 Å². The Morgan fingerprint density at radius 2 is 1.86 bits per heavy atom. The minimum atomic E-state index is 0.625. The summed E-state index contributed by atoms with van der Waals surface area (Å²) in [6.07, 6.45) is 5.05. The molecule has 2 rings (SSSR count). The van der Waals surface area contributed by atoms with Crippen LogP contribution in [0.15, 0.2) is 41.6 Å². The summed E-state index contributed by atoms with van der Waals surface area (Å²) < 4.78 is 5.30. The summed E-state index contributed by atoms with van der Waals surface area (Å²) in [4.78, 5) is 9.07. The standard InChI is InChI=1S/C17H22N2OS/c1-3-4-5-9-12-21-17-18-15(13-16(19-17)20-2)14-10-7-6-8-11-14/h6-8,10-11,13H,3-5,9,12H2,1-2H3. The van der Waals surface area contributed by atoms with Crippen LogP contribution in [0, 0.1) is 0 Å². The lowest BCUT2D eigenvalue weighted by molar-refractivity contribution is 0.392. The van der Waals surface area contributed by atoms with Crippen molar-refractivity contribution in [3.8, 4) is 17.1 Å². The van der Waals surface area contributed by atoms with Crippen LogP contribution in [0.1, 0.15) is 32.6 Å². The van der Waals surface area contributed by atoms with E-state index in [9.17, 15) is 0 Å². The van der Waals surface area contributed by atoms with Crippen LogP contribution in [-0.2, 0) is 0 Å². The third kappa shape index (κ3) is 5.05. The number of hydrogen-bond donors (Lipinski definition) is 0. The fourth-order valence-corrected chi connectivity index (χ4v) is 2.87. The van der Waals surface area contributed by atoms with Gasteiger partial charge in [0.1, 0.15) is 0 Å². The van der Waals surface area contributed by atoms with E-state index in [0.717, 1.165) is 22.2 Å². The quantitative estimate of drug-likeness (QED) is 0.397. The third-order valence-corrected chi connectivity index (χ3v) is 4.12. The van der Waals surface area contributed by atoms with Gasteiger partial charge in [-0.25, -0.2) is 4.98 Å². The fraction of sp³-hybridized carbons (Fsp3) is 0.412. The molecule has 4 heteroatoms. The van der Waals surface area contributed by atoms with E-state index in [2.05, 4.69) is 29.0 Å². The molecule has 0 unspecified atom stereocenters.